The SMILES string of the molecule is COc1ccc(C(=O)Nc2ccc(Br)cc2C)cc1S(=O)(=O)NC1CCCCC1C. The Balaban J connectivity index is 1.88. The largest absolute Gasteiger partial charge is 0.495 e. The van der Waals surface area contributed by atoms with Crippen LogP contribution < -0.4 is 14.8 Å². The van der Waals surface area contributed by atoms with Crippen LogP contribution in [0.3, 0.4) is 0 Å². The minimum atomic E-state index is -3.84. The molecule has 0 aromatic heterocycles. The summed E-state index contributed by atoms with van der Waals surface area (Å²) < 4.78 is 35.3. The quantitative estimate of drug-likeness (QED) is 0.599. The number of rotatable bonds is 6. The summed E-state index contributed by atoms with van der Waals surface area (Å²) in [5.41, 5.74) is 1.81. The molecular weight excluding hydrogens is 468 g/mol. The highest BCUT2D eigenvalue weighted by atomic mass is 79.9. The molecule has 0 bridgehead atoms. The lowest BCUT2D eigenvalue weighted by Gasteiger charge is -2.29. The number of benzene rings is 2. The van der Waals surface area contributed by atoms with Gasteiger partial charge in [0.25, 0.3) is 5.91 Å². The summed E-state index contributed by atoms with van der Waals surface area (Å²) in [6.45, 7) is 3.95. The lowest BCUT2D eigenvalue weighted by atomic mass is 9.87. The van der Waals surface area contributed by atoms with Crippen molar-refractivity contribution < 1.29 is 17.9 Å². The molecule has 6 nitrogen and oxygen atoms in total. The van der Waals surface area contributed by atoms with E-state index in [-0.39, 0.29) is 34.1 Å². The molecule has 8 heteroatoms. The molecule has 0 aliphatic heterocycles. The van der Waals surface area contributed by atoms with Crippen LogP contribution in [-0.2, 0) is 10.0 Å². The second-order valence-electron chi connectivity index (χ2n) is 7.77. The zero-order valence-electron chi connectivity index (χ0n) is 17.4. The zero-order valence-corrected chi connectivity index (χ0v) is 19.8. The number of anilines is 1. The van der Waals surface area contributed by atoms with E-state index in [9.17, 15) is 13.2 Å². The van der Waals surface area contributed by atoms with Crippen molar-refractivity contribution in [1.82, 2.24) is 4.72 Å². The van der Waals surface area contributed by atoms with Gasteiger partial charge < -0.3 is 10.1 Å². The molecule has 1 fully saturated rings. The molecule has 30 heavy (non-hydrogen) atoms. The Morgan fingerprint density at radius 1 is 1.13 bits per heavy atom. The fraction of sp³-hybridized carbons (Fsp3) is 0.409. The van der Waals surface area contributed by atoms with Crippen LogP contribution in [0, 0.1) is 12.8 Å². The molecular formula is C22H27BrN2O4S. The number of sulfonamides is 1. The average Bonchev–Trinajstić information content (AvgIpc) is 2.71. The molecule has 2 N–H and O–H groups in total. The number of hydrogen-bond acceptors (Lipinski definition) is 4. The van der Waals surface area contributed by atoms with Crippen molar-refractivity contribution in [3.05, 3.63) is 52.0 Å². The van der Waals surface area contributed by atoms with Crippen LogP contribution in [0.25, 0.3) is 0 Å². The molecule has 0 spiro atoms. The van der Waals surface area contributed by atoms with Crippen LogP contribution in [0.5, 0.6) is 5.75 Å². The highest BCUT2D eigenvalue weighted by Crippen LogP contribution is 2.29. The van der Waals surface area contributed by atoms with Crippen LogP contribution in [-0.4, -0.2) is 27.5 Å². The van der Waals surface area contributed by atoms with Crippen LogP contribution in [0.1, 0.15) is 48.5 Å². The normalized spacial score (nSPS) is 19.3. The first-order chi connectivity index (χ1) is 14.2. The van der Waals surface area contributed by atoms with E-state index in [1.165, 1.54) is 19.2 Å². The molecule has 3 rings (SSSR count). The third-order valence-electron chi connectivity index (χ3n) is 5.57. The Labute approximate surface area is 186 Å². The summed E-state index contributed by atoms with van der Waals surface area (Å²) >= 11 is 3.40. The van der Waals surface area contributed by atoms with Crippen molar-refractivity contribution in [1.29, 1.82) is 0 Å². The first-order valence-corrected chi connectivity index (χ1v) is 12.3. The average molecular weight is 495 g/mol. The van der Waals surface area contributed by atoms with Gasteiger partial charge in [0, 0.05) is 21.8 Å². The van der Waals surface area contributed by atoms with E-state index in [4.69, 9.17) is 4.74 Å². The fourth-order valence-electron chi connectivity index (χ4n) is 3.74. The second kappa shape index (κ2) is 9.49. The van der Waals surface area contributed by atoms with E-state index in [0.717, 1.165) is 35.7 Å². The summed E-state index contributed by atoms with van der Waals surface area (Å²) in [5.74, 6) is 0.0966. The van der Waals surface area contributed by atoms with E-state index in [0.29, 0.717) is 5.69 Å². The molecule has 2 atom stereocenters. The standard InChI is InChI=1S/C22H27BrN2O4S/c1-14-6-4-5-7-19(14)25-30(27,28)21-13-16(8-11-20(21)29-3)22(26)24-18-10-9-17(23)12-15(18)2/h8-14,19,25H,4-7H2,1-3H3,(H,24,26). The number of halogens is 1. The Kier molecular flexibility index (Phi) is 7.21. The lowest BCUT2D eigenvalue weighted by molar-refractivity contribution is 0.102. The van der Waals surface area contributed by atoms with Gasteiger partial charge in [-0.1, -0.05) is 35.7 Å². The maximum absolute atomic E-state index is 13.1. The van der Waals surface area contributed by atoms with Gasteiger partial charge in [-0.15, -0.1) is 0 Å². The third-order valence-corrected chi connectivity index (χ3v) is 7.57. The van der Waals surface area contributed by atoms with Gasteiger partial charge in [-0.05, 0) is 67.6 Å². The third kappa shape index (κ3) is 5.22. The molecule has 1 saturated carbocycles. The summed E-state index contributed by atoms with van der Waals surface area (Å²) in [6, 6.07) is 9.86. The fourth-order valence-corrected chi connectivity index (χ4v) is 5.79. The lowest BCUT2D eigenvalue weighted by Crippen LogP contribution is -2.41. The summed E-state index contributed by atoms with van der Waals surface area (Å²) in [4.78, 5) is 12.8. The number of hydrogen-bond donors (Lipinski definition) is 2. The van der Waals surface area contributed by atoms with Crippen molar-refractivity contribution in [2.75, 3.05) is 12.4 Å². The van der Waals surface area contributed by atoms with Crippen LogP contribution in [0.4, 0.5) is 5.69 Å². The van der Waals surface area contributed by atoms with Crippen molar-refractivity contribution >= 4 is 37.5 Å². The number of amides is 1. The number of carbonyl (C=O) groups excluding carboxylic acids is 1. The van der Waals surface area contributed by atoms with E-state index in [2.05, 4.69) is 32.9 Å². The van der Waals surface area contributed by atoms with Gasteiger partial charge in [0.15, 0.2) is 0 Å². The maximum atomic E-state index is 13.1. The highest BCUT2D eigenvalue weighted by molar-refractivity contribution is 9.10. The number of aryl methyl sites for hydroxylation is 1. The second-order valence-corrected chi connectivity index (χ2v) is 10.4. The molecule has 162 valence electrons. The van der Waals surface area contributed by atoms with Crippen molar-refractivity contribution in [3.63, 3.8) is 0 Å². The van der Waals surface area contributed by atoms with E-state index in [1.807, 2.05) is 19.1 Å². The Morgan fingerprint density at radius 2 is 1.87 bits per heavy atom. The van der Waals surface area contributed by atoms with Gasteiger partial charge >= 0.3 is 0 Å². The Bertz CT molecular complexity index is 1040. The molecule has 0 radical (unpaired) electrons. The van der Waals surface area contributed by atoms with E-state index in [1.54, 1.807) is 12.1 Å². The van der Waals surface area contributed by atoms with Gasteiger partial charge in [-0.2, -0.15) is 0 Å². The molecule has 0 heterocycles. The summed E-state index contributed by atoms with van der Waals surface area (Å²) in [5, 5.41) is 2.84. The summed E-state index contributed by atoms with van der Waals surface area (Å²) in [6.07, 6.45) is 3.93. The van der Waals surface area contributed by atoms with Gasteiger partial charge in [0.05, 0.1) is 7.11 Å². The number of carbonyl (C=O) groups is 1. The van der Waals surface area contributed by atoms with Gasteiger partial charge in [-0.25, -0.2) is 13.1 Å². The molecule has 1 aliphatic carbocycles. The summed E-state index contributed by atoms with van der Waals surface area (Å²) in [7, 11) is -2.42. The highest BCUT2D eigenvalue weighted by Gasteiger charge is 2.29. The van der Waals surface area contributed by atoms with Crippen LogP contribution >= 0.6 is 15.9 Å². The predicted octanol–water partition coefficient (Wildman–Crippen LogP) is 4.88. The minimum Gasteiger partial charge on any atom is -0.495 e. The predicted molar refractivity (Wildman–Crippen MR) is 122 cm³/mol. The van der Waals surface area contributed by atoms with E-state index < -0.39 is 10.0 Å². The van der Waals surface area contributed by atoms with Gasteiger partial charge in [-0.3, -0.25) is 4.79 Å². The van der Waals surface area contributed by atoms with Crippen molar-refractivity contribution in [3.8, 4) is 5.75 Å². The molecule has 1 aliphatic rings. The molecule has 2 unspecified atom stereocenters. The van der Waals surface area contributed by atoms with Crippen molar-refractivity contribution in [2.45, 2.75) is 50.5 Å². The Hall–Kier alpha value is -1.90. The maximum Gasteiger partial charge on any atom is 0.255 e. The topological polar surface area (TPSA) is 84.5 Å². The molecule has 2 aromatic rings. The first-order valence-electron chi connectivity index (χ1n) is 9.99. The van der Waals surface area contributed by atoms with Crippen LogP contribution in [0.2, 0.25) is 0 Å². The monoisotopic (exact) mass is 494 g/mol. The minimum absolute atomic E-state index is 0.0250. The van der Waals surface area contributed by atoms with Crippen LogP contribution in [0.15, 0.2) is 45.8 Å². The van der Waals surface area contributed by atoms with Crippen molar-refractivity contribution in [2.24, 2.45) is 5.92 Å². The zero-order chi connectivity index (χ0) is 21.9. The van der Waals surface area contributed by atoms with E-state index >= 15 is 0 Å². The number of methoxy groups -OCH3 is 1. The van der Waals surface area contributed by atoms with Gasteiger partial charge in [0.2, 0.25) is 10.0 Å². The first kappa shape index (κ1) is 22.8. The van der Waals surface area contributed by atoms with Gasteiger partial charge in [0.1, 0.15) is 10.6 Å². The number of nitrogens with one attached hydrogen (secondary N) is 2. The Morgan fingerprint density at radius 3 is 2.53 bits per heavy atom. The molecule has 1 amide bonds. The molecule has 2 aromatic carbocycles. The number of ether oxygens (including phenoxy) is 1. The smallest absolute Gasteiger partial charge is 0.255 e. The molecule has 0 saturated heterocycles.